The monoisotopic (exact) mass is 649 g/mol. The Balaban J connectivity index is 1.16. The van der Waals surface area contributed by atoms with Crippen LogP contribution in [0.25, 0.3) is 27.4 Å². The van der Waals surface area contributed by atoms with E-state index in [1.54, 1.807) is 33.2 Å². The third-order valence-corrected chi connectivity index (χ3v) is 9.11. The van der Waals surface area contributed by atoms with Gasteiger partial charge in [-0.1, -0.05) is 30.3 Å². The Morgan fingerprint density at radius 3 is 2.46 bits per heavy atom. The molecule has 0 saturated carbocycles. The van der Waals surface area contributed by atoms with E-state index in [1.807, 2.05) is 54.7 Å². The molecule has 1 aliphatic heterocycles. The minimum Gasteiger partial charge on any atom is -0.497 e. The van der Waals surface area contributed by atoms with Crippen molar-refractivity contribution in [2.45, 2.75) is 32.4 Å². The second-order valence-corrected chi connectivity index (χ2v) is 12.2. The van der Waals surface area contributed by atoms with Crippen LogP contribution in [-0.4, -0.2) is 85.1 Å². The van der Waals surface area contributed by atoms with Crippen LogP contribution in [0.5, 0.6) is 17.2 Å². The summed E-state index contributed by atoms with van der Waals surface area (Å²) in [4.78, 5) is 37.2. The van der Waals surface area contributed by atoms with Gasteiger partial charge in [-0.2, -0.15) is 0 Å². The Bertz CT molecular complexity index is 1940. The van der Waals surface area contributed by atoms with E-state index < -0.39 is 0 Å². The van der Waals surface area contributed by atoms with Crippen molar-refractivity contribution in [2.75, 3.05) is 47.5 Å². The van der Waals surface area contributed by atoms with E-state index in [1.165, 1.54) is 11.1 Å². The molecule has 6 rings (SSSR count). The molecular formula is C38H43N5O5. The summed E-state index contributed by atoms with van der Waals surface area (Å²) in [7, 11) is 4.87. The van der Waals surface area contributed by atoms with E-state index in [2.05, 4.69) is 44.6 Å². The standard InChI is InChI=1S/C38H43N5O5/c1-25(44)43(22-26-9-12-36(47-3)37(17-26)48-4)23-29(18-28-20-39-34-8-6-5-7-31(28)34)41-38(45)24-42-15-13-27(14-16-42)33-21-40-35-11-10-30(46-2)19-32(33)35/h5-13,17,19-21,29,39-40H,14-16,18,22-24H2,1-4H3,(H,41,45)/t29-/m1/s1. The molecule has 3 aromatic carbocycles. The van der Waals surface area contributed by atoms with Crippen LogP contribution in [0.15, 0.2) is 79.1 Å². The molecule has 0 aliphatic carbocycles. The maximum absolute atomic E-state index is 13.6. The van der Waals surface area contributed by atoms with E-state index in [0.29, 0.717) is 37.6 Å². The molecule has 10 heteroatoms. The first-order valence-corrected chi connectivity index (χ1v) is 16.2. The summed E-state index contributed by atoms with van der Waals surface area (Å²) < 4.78 is 16.3. The van der Waals surface area contributed by atoms with Crippen LogP contribution in [0.4, 0.5) is 0 Å². The molecule has 3 heterocycles. The molecule has 3 N–H and O–H groups in total. The average Bonchev–Trinajstić information content (AvgIpc) is 3.72. The number of nitrogens with zero attached hydrogens (tertiary/aromatic N) is 2. The Morgan fingerprint density at radius 1 is 0.917 bits per heavy atom. The van der Waals surface area contributed by atoms with Gasteiger partial charge in [0.15, 0.2) is 11.5 Å². The fourth-order valence-electron chi connectivity index (χ4n) is 6.57. The van der Waals surface area contributed by atoms with Crippen molar-refractivity contribution in [3.8, 4) is 17.2 Å². The summed E-state index contributed by atoms with van der Waals surface area (Å²) >= 11 is 0. The predicted molar refractivity (Wildman–Crippen MR) is 188 cm³/mol. The number of methoxy groups -OCH3 is 3. The van der Waals surface area contributed by atoms with Crippen LogP contribution < -0.4 is 19.5 Å². The van der Waals surface area contributed by atoms with Gasteiger partial charge in [0.2, 0.25) is 11.8 Å². The number of benzene rings is 3. The minimum atomic E-state index is -0.308. The van der Waals surface area contributed by atoms with E-state index in [-0.39, 0.29) is 24.4 Å². The van der Waals surface area contributed by atoms with Crippen molar-refractivity contribution in [3.63, 3.8) is 0 Å². The zero-order valence-corrected chi connectivity index (χ0v) is 28.0. The summed E-state index contributed by atoms with van der Waals surface area (Å²) in [6.07, 6.45) is 7.66. The van der Waals surface area contributed by atoms with E-state index in [4.69, 9.17) is 14.2 Å². The summed E-state index contributed by atoms with van der Waals surface area (Å²) in [5.74, 6) is 1.91. The van der Waals surface area contributed by atoms with Gasteiger partial charge in [-0.15, -0.1) is 0 Å². The van der Waals surface area contributed by atoms with Gasteiger partial charge in [0.1, 0.15) is 5.75 Å². The molecule has 48 heavy (non-hydrogen) atoms. The molecule has 0 spiro atoms. The van der Waals surface area contributed by atoms with Gasteiger partial charge in [0.05, 0.1) is 33.9 Å². The highest BCUT2D eigenvalue weighted by Gasteiger charge is 2.23. The fourth-order valence-corrected chi connectivity index (χ4v) is 6.57. The molecule has 10 nitrogen and oxygen atoms in total. The third-order valence-electron chi connectivity index (χ3n) is 9.11. The highest BCUT2D eigenvalue weighted by atomic mass is 16.5. The first-order chi connectivity index (χ1) is 23.3. The van der Waals surface area contributed by atoms with Gasteiger partial charge < -0.3 is 34.4 Å². The van der Waals surface area contributed by atoms with Crippen LogP contribution in [0.2, 0.25) is 0 Å². The number of H-pyrrole nitrogens is 2. The third kappa shape index (κ3) is 7.34. The van der Waals surface area contributed by atoms with Crippen molar-refractivity contribution in [1.82, 2.24) is 25.1 Å². The molecule has 0 fully saturated rings. The number of fused-ring (bicyclic) bond motifs is 2. The van der Waals surface area contributed by atoms with Crippen molar-refractivity contribution in [2.24, 2.45) is 0 Å². The number of ether oxygens (including phenoxy) is 3. The average molecular weight is 650 g/mol. The zero-order valence-electron chi connectivity index (χ0n) is 28.0. The van der Waals surface area contributed by atoms with Crippen LogP contribution in [0, 0.1) is 0 Å². The number of rotatable bonds is 13. The number of aromatic nitrogens is 2. The maximum Gasteiger partial charge on any atom is 0.234 e. The van der Waals surface area contributed by atoms with Gasteiger partial charge in [0, 0.05) is 72.9 Å². The number of nitrogens with one attached hydrogen (secondary N) is 3. The zero-order chi connectivity index (χ0) is 33.6. The Labute approximate surface area is 280 Å². The van der Waals surface area contributed by atoms with Gasteiger partial charge in [-0.25, -0.2) is 0 Å². The fraction of sp³-hybridized carbons (Fsp3) is 0.316. The summed E-state index contributed by atoms with van der Waals surface area (Å²) in [6, 6.07) is 19.5. The maximum atomic E-state index is 13.6. The van der Waals surface area contributed by atoms with Crippen molar-refractivity contribution >= 4 is 39.2 Å². The second-order valence-electron chi connectivity index (χ2n) is 12.2. The quantitative estimate of drug-likeness (QED) is 0.155. The number of hydrogen-bond donors (Lipinski definition) is 3. The van der Waals surface area contributed by atoms with Crippen LogP contribution in [-0.2, 0) is 22.6 Å². The van der Waals surface area contributed by atoms with E-state index in [0.717, 1.165) is 51.6 Å². The van der Waals surface area contributed by atoms with Crippen molar-refractivity contribution in [1.29, 1.82) is 0 Å². The molecule has 1 aliphatic rings. The lowest BCUT2D eigenvalue weighted by Gasteiger charge is -2.30. The SMILES string of the molecule is COc1ccc2[nH]cc(C3=CCN(CC(=O)N[C@H](Cc4c[nH]c5ccccc45)CN(Cc4ccc(OC)c(OC)c4)C(C)=O)CC3)c2c1. The van der Waals surface area contributed by atoms with Crippen LogP contribution in [0.3, 0.4) is 0 Å². The van der Waals surface area contributed by atoms with Gasteiger partial charge >= 0.3 is 0 Å². The first-order valence-electron chi connectivity index (χ1n) is 16.2. The Morgan fingerprint density at radius 2 is 1.71 bits per heavy atom. The topological polar surface area (TPSA) is 112 Å². The van der Waals surface area contributed by atoms with Crippen molar-refractivity contribution in [3.05, 3.63) is 95.8 Å². The molecule has 0 unspecified atom stereocenters. The molecule has 5 aromatic rings. The van der Waals surface area contributed by atoms with Gasteiger partial charge in [-0.3, -0.25) is 14.5 Å². The predicted octanol–water partition coefficient (Wildman–Crippen LogP) is 5.54. The Kier molecular flexibility index (Phi) is 10.0. The summed E-state index contributed by atoms with van der Waals surface area (Å²) in [5, 5.41) is 5.52. The highest BCUT2D eigenvalue weighted by Crippen LogP contribution is 2.32. The molecule has 250 valence electrons. The highest BCUT2D eigenvalue weighted by molar-refractivity contribution is 5.93. The number of carbonyl (C=O) groups excluding carboxylic acids is 2. The molecule has 0 bridgehead atoms. The molecule has 0 saturated heterocycles. The first kappa shape index (κ1) is 32.7. The molecule has 0 radical (unpaired) electrons. The lowest BCUT2D eigenvalue weighted by Crippen LogP contribution is -2.49. The number of hydrogen-bond acceptors (Lipinski definition) is 6. The number of para-hydroxylation sites is 1. The Hall–Kier alpha value is -5.22. The summed E-state index contributed by atoms with van der Waals surface area (Å²) in [6.45, 7) is 3.99. The van der Waals surface area contributed by atoms with Crippen molar-refractivity contribution < 1.29 is 23.8 Å². The van der Waals surface area contributed by atoms with E-state index in [9.17, 15) is 9.59 Å². The van der Waals surface area contributed by atoms with Gasteiger partial charge in [-0.05, 0) is 65.9 Å². The van der Waals surface area contributed by atoms with Gasteiger partial charge in [0.25, 0.3) is 0 Å². The lowest BCUT2D eigenvalue weighted by atomic mass is 9.98. The largest absolute Gasteiger partial charge is 0.497 e. The van der Waals surface area contributed by atoms with Crippen LogP contribution >= 0.6 is 0 Å². The minimum absolute atomic E-state index is 0.0665. The number of aromatic amines is 2. The molecule has 2 amide bonds. The number of carbonyl (C=O) groups is 2. The second kappa shape index (κ2) is 14.7. The molecule has 1 atom stereocenters. The lowest BCUT2D eigenvalue weighted by molar-refractivity contribution is -0.131. The van der Waals surface area contributed by atoms with E-state index >= 15 is 0 Å². The number of amides is 2. The molecule has 2 aromatic heterocycles. The normalized spacial score (nSPS) is 14.0. The smallest absolute Gasteiger partial charge is 0.234 e. The summed E-state index contributed by atoms with van der Waals surface area (Å²) in [5.41, 5.74) is 6.54. The van der Waals surface area contributed by atoms with Crippen LogP contribution in [0.1, 0.15) is 30.0 Å². The molecular weight excluding hydrogens is 606 g/mol.